The monoisotopic (exact) mass is 1540 g/mol. The summed E-state index contributed by atoms with van der Waals surface area (Å²) in [5.41, 5.74) is 0. The molecule has 0 aromatic heterocycles. The smallest absolute Gasteiger partial charge is 0.462 e. The molecular weight excluding hydrogens is 1400 g/mol. The van der Waals surface area contributed by atoms with Gasteiger partial charge >= 0.3 is 39.5 Å². The van der Waals surface area contributed by atoms with Crippen LogP contribution in [0.25, 0.3) is 0 Å². The molecule has 0 aromatic carbocycles. The van der Waals surface area contributed by atoms with E-state index in [9.17, 15) is 43.2 Å². The highest BCUT2D eigenvalue weighted by molar-refractivity contribution is 7.47. The van der Waals surface area contributed by atoms with E-state index in [1.165, 1.54) is 25.7 Å². The molecule has 108 heavy (non-hydrogen) atoms. The Kier molecular flexibility index (Phi) is 73.7. The van der Waals surface area contributed by atoms with Crippen LogP contribution >= 0.6 is 15.6 Å². The second kappa shape index (κ2) is 78.5. The third kappa shape index (κ3) is 77.5. The van der Waals surface area contributed by atoms with Gasteiger partial charge in [0.15, 0.2) is 12.2 Å². The molecule has 0 aliphatic carbocycles. The van der Waals surface area contributed by atoms with Crippen LogP contribution in [0.3, 0.4) is 0 Å². The number of carbonyl (C=O) groups is 4. The van der Waals surface area contributed by atoms with Crippen LogP contribution in [-0.2, 0) is 65.4 Å². The van der Waals surface area contributed by atoms with Gasteiger partial charge in [-0.15, -0.1) is 0 Å². The van der Waals surface area contributed by atoms with Gasteiger partial charge in [-0.05, 0) is 167 Å². The first-order valence-electron chi connectivity index (χ1n) is 40.0. The van der Waals surface area contributed by atoms with Gasteiger partial charge in [-0.25, -0.2) is 9.13 Å². The minimum atomic E-state index is -5.03. The maximum absolute atomic E-state index is 13.1. The van der Waals surface area contributed by atoms with Crippen molar-refractivity contribution in [1.82, 2.24) is 0 Å². The highest BCUT2D eigenvalue weighted by Crippen LogP contribution is 2.45. The largest absolute Gasteiger partial charge is 0.472 e. The quantitative estimate of drug-likeness (QED) is 0.0169. The highest BCUT2D eigenvalue weighted by atomic mass is 31.2. The summed E-state index contributed by atoms with van der Waals surface area (Å²) in [4.78, 5) is 73.0. The van der Waals surface area contributed by atoms with E-state index < -0.39 is 97.5 Å². The van der Waals surface area contributed by atoms with Gasteiger partial charge < -0.3 is 33.8 Å². The van der Waals surface area contributed by atoms with E-state index in [4.69, 9.17) is 37.0 Å². The molecule has 0 heterocycles. The second-order valence-electron chi connectivity index (χ2n) is 25.5. The molecule has 606 valence electrons. The topological polar surface area (TPSA) is 237 Å². The van der Waals surface area contributed by atoms with Gasteiger partial charge in [0.2, 0.25) is 0 Å². The van der Waals surface area contributed by atoms with E-state index in [2.05, 4.69) is 198 Å². The number of aliphatic hydroxyl groups is 1. The molecule has 5 atom stereocenters. The standard InChI is InChI=1S/C89H138O17P2/c1-5-9-13-17-21-25-29-33-36-39-41-44-47-51-54-58-62-66-70-74-87(92)100-80-85(106-89(94)76-72-68-64-60-56-52-48-45-42-40-37-34-30-26-22-18-14-10-6-2)82-104-108(97,98)102-78-83(90)77-101-107(95,96)103-81-84(105-88(93)75-71-67-63-59-55-49-32-28-24-20-16-12-8-4)79-99-86(91)73-69-65-61-57-53-50-46-43-38-35-31-27-23-19-15-11-7-3/h9-11,13-15,21-23,25-28,32-38,41-42,44-46,50-52,54,56-57,61-62,64,66,68,83-85,90H,5-8,12,16-20,24,29-31,39-40,43,47-49,53,55,58-60,63,65,67,69-82H2,1-4H3,(H,95,96)(H,97,98)/b13-9-,14-10-,15-11-,25-21-,26-22-,27-23-,32-28-,36-33-,37-34-,38-35-,44-41-,45-42-,50-46-,54-51-,56-52-,61-57-,66-62-,68-64-. The Bertz CT molecular complexity index is 2910. The van der Waals surface area contributed by atoms with E-state index in [1.807, 2.05) is 48.6 Å². The van der Waals surface area contributed by atoms with E-state index in [0.29, 0.717) is 44.9 Å². The van der Waals surface area contributed by atoms with E-state index in [1.54, 1.807) is 0 Å². The van der Waals surface area contributed by atoms with Gasteiger partial charge in [-0.1, -0.05) is 285 Å². The Morgan fingerprint density at radius 3 is 0.852 bits per heavy atom. The summed E-state index contributed by atoms with van der Waals surface area (Å²) in [5, 5.41) is 10.6. The summed E-state index contributed by atoms with van der Waals surface area (Å²) in [7, 11) is -10.0. The number of hydrogen-bond acceptors (Lipinski definition) is 15. The van der Waals surface area contributed by atoms with Gasteiger partial charge in [0, 0.05) is 25.7 Å². The summed E-state index contributed by atoms with van der Waals surface area (Å²) < 4.78 is 68.4. The van der Waals surface area contributed by atoms with Crippen molar-refractivity contribution < 1.29 is 80.2 Å². The fourth-order valence-electron chi connectivity index (χ4n) is 9.48. The zero-order chi connectivity index (χ0) is 78.9. The number of esters is 4. The van der Waals surface area contributed by atoms with Gasteiger partial charge in [0.1, 0.15) is 19.3 Å². The van der Waals surface area contributed by atoms with E-state index >= 15 is 0 Å². The van der Waals surface area contributed by atoms with Crippen molar-refractivity contribution in [3.8, 4) is 0 Å². The molecule has 0 fully saturated rings. The third-order valence-corrected chi connectivity index (χ3v) is 17.3. The van der Waals surface area contributed by atoms with Crippen LogP contribution in [0.15, 0.2) is 219 Å². The van der Waals surface area contributed by atoms with Crippen molar-refractivity contribution in [3.05, 3.63) is 219 Å². The van der Waals surface area contributed by atoms with E-state index in [-0.39, 0.29) is 25.7 Å². The van der Waals surface area contributed by atoms with Crippen molar-refractivity contribution in [2.75, 3.05) is 39.6 Å². The Balaban J connectivity index is 5.58. The number of hydrogen-bond donors (Lipinski definition) is 3. The lowest BCUT2D eigenvalue weighted by molar-refractivity contribution is -0.161. The average molecular weight is 1540 g/mol. The molecule has 0 aromatic rings. The Morgan fingerprint density at radius 1 is 0.269 bits per heavy atom. The predicted molar refractivity (Wildman–Crippen MR) is 445 cm³/mol. The van der Waals surface area contributed by atoms with Crippen LogP contribution in [0.1, 0.15) is 259 Å². The Hall–Kier alpha value is -6.62. The van der Waals surface area contributed by atoms with Crippen LogP contribution in [0, 0.1) is 0 Å². The molecule has 0 spiro atoms. The van der Waals surface area contributed by atoms with Crippen molar-refractivity contribution in [3.63, 3.8) is 0 Å². The molecule has 0 saturated heterocycles. The molecule has 3 N–H and O–H groups in total. The number of carbonyl (C=O) groups excluding carboxylic acids is 4. The number of ether oxygens (including phenoxy) is 4. The lowest BCUT2D eigenvalue weighted by Gasteiger charge is -2.21. The third-order valence-electron chi connectivity index (χ3n) is 15.4. The first-order chi connectivity index (χ1) is 52.7. The summed E-state index contributed by atoms with van der Waals surface area (Å²) in [6.45, 7) is 4.22. The summed E-state index contributed by atoms with van der Waals surface area (Å²) in [5.74, 6) is -2.48. The van der Waals surface area contributed by atoms with Crippen molar-refractivity contribution in [1.29, 1.82) is 0 Å². The highest BCUT2D eigenvalue weighted by Gasteiger charge is 2.30. The first-order valence-corrected chi connectivity index (χ1v) is 43.0. The van der Waals surface area contributed by atoms with Crippen LogP contribution in [-0.4, -0.2) is 96.7 Å². The molecule has 0 amide bonds. The molecule has 0 aliphatic heterocycles. The Morgan fingerprint density at radius 2 is 0.509 bits per heavy atom. The number of phosphoric acid groups is 2. The molecule has 5 unspecified atom stereocenters. The molecule has 17 nitrogen and oxygen atoms in total. The molecule has 0 bridgehead atoms. The number of allylic oxidation sites excluding steroid dienone is 36. The molecule has 19 heteroatoms. The predicted octanol–water partition coefficient (Wildman–Crippen LogP) is 23.7. The van der Waals surface area contributed by atoms with Gasteiger partial charge in [0.05, 0.1) is 26.4 Å². The normalized spacial score (nSPS) is 15.0. The Labute approximate surface area is 651 Å². The fourth-order valence-corrected chi connectivity index (χ4v) is 11.1. The summed E-state index contributed by atoms with van der Waals surface area (Å²) in [6, 6.07) is 0. The summed E-state index contributed by atoms with van der Waals surface area (Å²) in [6.07, 6.45) is 99.6. The number of rotatable bonds is 72. The van der Waals surface area contributed by atoms with Crippen LogP contribution in [0.5, 0.6) is 0 Å². The number of unbranched alkanes of at least 4 members (excludes halogenated alkanes) is 10. The molecule has 0 saturated carbocycles. The van der Waals surface area contributed by atoms with Crippen LogP contribution < -0.4 is 0 Å². The zero-order valence-electron chi connectivity index (χ0n) is 66.2. The van der Waals surface area contributed by atoms with Gasteiger partial charge in [-0.2, -0.15) is 0 Å². The maximum atomic E-state index is 13.1. The van der Waals surface area contributed by atoms with Crippen LogP contribution in [0.2, 0.25) is 0 Å². The molecule has 0 rings (SSSR count). The minimum absolute atomic E-state index is 0.00927. The van der Waals surface area contributed by atoms with Crippen molar-refractivity contribution in [2.24, 2.45) is 0 Å². The maximum Gasteiger partial charge on any atom is 0.472 e. The first kappa shape index (κ1) is 101. The van der Waals surface area contributed by atoms with Gasteiger partial charge in [-0.3, -0.25) is 37.3 Å². The van der Waals surface area contributed by atoms with Crippen molar-refractivity contribution in [2.45, 2.75) is 277 Å². The van der Waals surface area contributed by atoms with Crippen LogP contribution in [0.4, 0.5) is 0 Å². The van der Waals surface area contributed by atoms with Gasteiger partial charge in [0.25, 0.3) is 0 Å². The van der Waals surface area contributed by atoms with Crippen molar-refractivity contribution >= 4 is 39.5 Å². The number of phosphoric ester groups is 2. The zero-order valence-corrected chi connectivity index (χ0v) is 68.0. The summed E-state index contributed by atoms with van der Waals surface area (Å²) >= 11 is 0. The lowest BCUT2D eigenvalue weighted by atomic mass is 10.1. The average Bonchev–Trinajstić information content (AvgIpc) is 0.892. The molecular formula is C89H138O17P2. The molecule has 0 radical (unpaired) electrons. The van der Waals surface area contributed by atoms with E-state index in [0.717, 1.165) is 135 Å². The SMILES string of the molecule is CC/C=C\C/C=C\C/C=C\C/C=C\C/C=C\C/C=C\CCC(=O)OCC(COP(=O)(O)OCC(O)COP(=O)(O)OCC(COC(=O)CCC/C=C\C/C=C\C/C=C\C/C=C\C/C=C\CC)OC(=O)CCCCCCC/C=C\CCCCCC)OC(=O)CC/C=C\C/C=C\C/C=C\C/C=C\C/C=C\C/C=C\CC. The molecule has 0 aliphatic rings. The lowest BCUT2D eigenvalue weighted by Crippen LogP contribution is -2.30. The second-order valence-corrected chi connectivity index (χ2v) is 28.4. The number of aliphatic hydroxyl groups excluding tert-OH is 1. The fraction of sp³-hybridized carbons (Fsp3) is 0.551. The minimum Gasteiger partial charge on any atom is -0.462 e.